The van der Waals surface area contributed by atoms with Crippen molar-refractivity contribution >= 4 is 29.0 Å². The van der Waals surface area contributed by atoms with E-state index in [0.717, 1.165) is 25.1 Å². The molecule has 1 aliphatic carbocycles. The van der Waals surface area contributed by atoms with Crippen molar-refractivity contribution < 1.29 is 36.6 Å². The molecule has 1 saturated carbocycles. The number of anilines is 1. The highest BCUT2D eigenvalue weighted by Gasteiger charge is 2.58. The number of rotatable bonds is 8. The van der Waals surface area contributed by atoms with E-state index in [-0.39, 0.29) is 52.4 Å². The molecular formula is C25H30F5N5O3S. The summed E-state index contributed by atoms with van der Waals surface area (Å²) < 4.78 is 69.5. The van der Waals surface area contributed by atoms with Gasteiger partial charge >= 0.3 is 6.18 Å². The molecule has 2 aromatic heterocycles. The number of nitrogens with one attached hydrogen (secondary N) is 2. The molecule has 0 spiro atoms. The summed E-state index contributed by atoms with van der Waals surface area (Å²) in [5, 5.41) is 14.5. The average molecular weight is 576 g/mol. The van der Waals surface area contributed by atoms with Crippen LogP contribution in [0.25, 0.3) is 10.4 Å². The van der Waals surface area contributed by atoms with Crippen LogP contribution in [0, 0.1) is 0 Å². The van der Waals surface area contributed by atoms with Crippen molar-refractivity contribution in [1.29, 1.82) is 0 Å². The Morgan fingerprint density at radius 1 is 1.26 bits per heavy atom. The summed E-state index contributed by atoms with van der Waals surface area (Å²) in [6.45, 7) is 5.11. The Bertz CT molecular complexity index is 1240. The van der Waals surface area contributed by atoms with Gasteiger partial charge in [0.25, 0.3) is 18.2 Å². The number of likely N-dealkylation sites (tertiary alicyclic amines) is 1. The van der Waals surface area contributed by atoms with Gasteiger partial charge in [0, 0.05) is 36.5 Å². The van der Waals surface area contributed by atoms with Crippen LogP contribution in [0.2, 0.25) is 0 Å². The zero-order valence-electron chi connectivity index (χ0n) is 21.7. The third-order valence-corrected chi connectivity index (χ3v) is 8.14. The van der Waals surface area contributed by atoms with Gasteiger partial charge in [0.05, 0.1) is 10.5 Å². The molecule has 8 nitrogen and oxygen atoms in total. The molecule has 3 heterocycles. The first-order valence-electron chi connectivity index (χ1n) is 12.6. The van der Waals surface area contributed by atoms with Crippen LogP contribution in [0.1, 0.15) is 85.2 Å². The largest absolute Gasteiger partial charge is 0.411 e. The monoisotopic (exact) mass is 575 g/mol. The van der Waals surface area contributed by atoms with Crippen molar-refractivity contribution in [3.05, 3.63) is 28.5 Å². The summed E-state index contributed by atoms with van der Waals surface area (Å²) in [5.41, 5.74) is -4.51. The Morgan fingerprint density at radius 2 is 1.95 bits per heavy atom. The topological polar surface area (TPSA) is 107 Å². The van der Waals surface area contributed by atoms with Gasteiger partial charge in [-0.15, -0.1) is 11.3 Å². The first-order valence-corrected chi connectivity index (χ1v) is 13.4. The van der Waals surface area contributed by atoms with Gasteiger partial charge in [-0.3, -0.25) is 9.59 Å². The SMILES string of the molecule is CC1CCCN1C(=O)c1nc(C(=O)NCC(C)(C)O)sc1-c1cnc(NC2(C(F)(F)F)CCC2)cc1C(F)F. The molecule has 1 aliphatic heterocycles. The Balaban J connectivity index is 1.75. The van der Waals surface area contributed by atoms with Crippen LogP contribution >= 0.6 is 11.3 Å². The second-order valence-electron chi connectivity index (χ2n) is 10.7. The van der Waals surface area contributed by atoms with Crippen LogP contribution in [0.3, 0.4) is 0 Å². The lowest BCUT2D eigenvalue weighted by Gasteiger charge is -2.44. The zero-order chi connectivity index (χ0) is 28.8. The van der Waals surface area contributed by atoms with Gasteiger partial charge in [0.2, 0.25) is 0 Å². The lowest BCUT2D eigenvalue weighted by molar-refractivity contribution is -0.198. The number of amides is 2. The highest BCUT2D eigenvalue weighted by Crippen LogP contribution is 2.48. The predicted molar refractivity (Wildman–Crippen MR) is 135 cm³/mol. The third-order valence-electron chi connectivity index (χ3n) is 7.05. The average Bonchev–Trinajstić information content (AvgIpc) is 3.44. The maximum absolute atomic E-state index is 14.3. The zero-order valence-corrected chi connectivity index (χ0v) is 22.5. The fourth-order valence-corrected chi connectivity index (χ4v) is 5.66. The van der Waals surface area contributed by atoms with Crippen molar-refractivity contribution in [2.45, 2.75) is 82.7 Å². The predicted octanol–water partition coefficient (Wildman–Crippen LogP) is 5.16. The van der Waals surface area contributed by atoms with E-state index in [1.165, 1.54) is 13.8 Å². The van der Waals surface area contributed by atoms with Crippen molar-refractivity contribution in [3.8, 4) is 10.4 Å². The molecule has 39 heavy (non-hydrogen) atoms. The Hall–Kier alpha value is -2.87. The smallest absolute Gasteiger partial charge is 0.389 e. The van der Waals surface area contributed by atoms with Crippen LogP contribution in [-0.4, -0.2) is 68.2 Å². The summed E-state index contributed by atoms with van der Waals surface area (Å²) >= 11 is 0.704. The Kier molecular flexibility index (Phi) is 7.92. The van der Waals surface area contributed by atoms with E-state index in [1.54, 1.807) is 4.90 Å². The lowest BCUT2D eigenvalue weighted by Crippen LogP contribution is -2.57. The van der Waals surface area contributed by atoms with Crippen molar-refractivity contribution in [1.82, 2.24) is 20.2 Å². The molecule has 1 saturated heterocycles. The van der Waals surface area contributed by atoms with E-state index < -0.39 is 41.1 Å². The molecule has 0 bridgehead atoms. The number of aliphatic hydroxyl groups is 1. The number of thiazole rings is 1. The first kappa shape index (κ1) is 29.1. The molecule has 2 aromatic rings. The van der Waals surface area contributed by atoms with E-state index in [1.807, 2.05) is 6.92 Å². The van der Waals surface area contributed by atoms with Gasteiger partial charge in [-0.1, -0.05) is 0 Å². The fraction of sp³-hybridized carbons (Fsp3) is 0.600. The highest BCUT2D eigenvalue weighted by molar-refractivity contribution is 7.17. The van der Waals surface area contributed by atoms with Gasteiger partial charge < -0.3 is 20.6 Å². The minimum atomic E-state index is -4.59. The molecule has 2 amide bonds. The molecule has 0 radical (unpaired) electrons. The highest BCUT2D eigenvalue weighted by atomic mass is 32.1. The second kappa shape index (κ2) is 10.6. The summed E-state index contributed by atoms with van der Waals surface area (Å²) in [5.74, 6) is -1.61. The summed E-state index contributed by atoms with van der Waals surface area (Å²) in [6, 6.07) is 0.728. The van der Waals surface area contributed by atoms with Crippen molar-refractivity contribution in [2.75, 3.05) is 18.4 Å². The number of aromatic nitrogens is 2. The van der Waals surface area contributed by atoms with E-state index in [2.05, 4.69) is 20.6 Å². The minimum Gasteiger partial charge on any atom is -0.389 e. The van der Waals surface area contributed by atoms with Crippen LogP contribution < -0.4 is 10.6 Å². The van der Waals surface area contributed by atoms with E-state index in [0.29, 0.717) is 24.3 Å². The maximum atomic E-state index is 14.3. The normalized spacial score (nSPS) is 19.2. The number of pyridine rings is 1. The Morgan fingerprint density at radius 3 is 2.46 bits per heavy atom. The molecular weight excluding hydrogens is 545 g/mol. The molecule has 0 aromatic carbocycles. The van der Waals surface area contributed by atoms with Gasteiger partial charge in [-0.05, 0) is 58.9 Å². The molecule has 14 heteroatoms. The summed E-state index contributed by atoms with van der Waals surface area (Å²) in [7, 11) is 0. The number of hydrogen-bond donors (Lipinski definition) is 3. The first-order chi connectivity index (χ1) is 18.1. The summed E-state index contributed by atoms with van der Waals surface area (Å²) in [4.78, 5) is 35.9. The molecule has 2 aliphatic rings. The number of alkyl halides is 5. The number of halogens is 5. The van der Waals surface area contributed by atoms with Crippen molar-refractivity contribution in [2.24, 2.45) is 0 Å². The molecule has 214 valence electrons. The molecule has 4 rings (SSSR count). The molecule has 1 atom stereocenters. The van der Waals surface area contributed by atoms with E-state index >= 15 is 0 Å². The van der Waals surface area contributed by atoms with Crippen LogP contribution in [0.5, 0.6) is 0 Å². The van der Waals surface area contributed by atoms with Crippen LogP contribution in [0.15, 0.2) is 12.3 Å². The third kappa shape index (κ3) is 6.01. The molecule has 3 N–H and O–H groups in total. The maximum Gasteiger partial charge on any atom is 0.411 e. The van der Waals surface area contributed by atoms with Gasteiger partial charge in [0.15, 0.2) is 5.01 Å². The van der Waals surface area contributed by atoms with Crippen molar-refractivity contribution in [3.63, 3.8) is 0 Å². The number of carbonyl (C=O) groups excluding carboxylic acids is 2. The lowest BCUT2D eigenvalue weighted by atomic mass is 9.76. The van der Waals surface area contributed by atoms with E-state index in [9.17, 15) is 36.6 Å². The van der Waals surface area contributed by atoms with Gasteiger partial charge in [0.1, 0.15) is 17.1 Å². The van der Waals surface area contributed by atoms with Gasteiger partial charge in [-0.25, -0.2) is 18.7 Å². The quantitative estimate of drug-likeness (QED) is 0.375. The minimum absolute atomic E-state index is 0.0314. The van der Waals surface area contributed by atoms with Crippen LogP contribution in [-0.2, 0) is 0 Å². The number of carbonyl (C=O) groups is 2. The molecule has 2 fully saturated rings. The standard InChI is InChI=1S/C25H30F5N5O3S/c1-13-6-4-9-35(13)22(37)17-18(39-21(33-17)20(36)32-12-23(2,3)38)15-11-31-16(10-14(15)19(26)27)34-24(7-5-8-24)25(28,29)30/h10-11,13,19,38H,4-9,12H2,1-3H3,(H,31,34)(H,32,36). The number of nitrogens with zero attached hydrogens (tertiary/aromatic N) is 3. The molecule has 1 unspecified atom stereocenters. The van der Waals surface area contributed by atoms with Crippen LogP contribution in [0.4, 0.5) is 27.8 Å². The Labute approximate surface area is 226 Å². The van der Waals surface area contributed by atoms with Gasteiger partial charge in [-0.2, -0.15) is 13.2 Å². The second-order valence-corrected chi connectivity index (χ2v) is 11.7. The van der Waals surface area contributed by atoms with E-state index in [4.69, 9.17) is 0 Å². The fourth-order valence-electron chi connectivity index (χ4n) is 4.65. The number of hydrogen-bond acceptors (Lipinski definition) is 7. The summed E-state index contributed by atoms with van der Waals surface area (Å²) in [6.07, 6.45) is -5.29.